The molecule has 1 aromatic heterocycles. The van der Waals surface area contributed by atoms with Gasteiger partial charge in [0.15, 0.2) is 5.82 Å². The van der Waals surface area contributed by atoms with Gasteiger partial charge in [-0.25, -0.2) is 8.78 Å². The van der Waals surface area contributed by atoms with Crippen LogP contribution < -0.4 is 0 Å². The zero-order chi connectivity index (χ0) is 20.9. The van der Waals surface area contributed by atoms with Crippen LogP contribution in [0.1, 0.15) is 46.4 Å². The zero-order valence-corrected chi connectivity index (χ0v) is 16.3. The molecule has 0 radical (unpaired) electrons. The maximum atomic E-state index is 13.9. The minimum absolute atomic E-state index is 0.0398. The molecule has 2 heterocycles. The Bertz CT molecular complexity index is 1000. The SMILES string of the molecule is O=C(c1cc(F)ccc1F)N1CCC(c2noc(COCc3ccccc3)n2)CC1. The van der Waals surface area contributed by atoms with E-state index in [0.29, 0.717) is 44.3 Å². The molecule has 6 nitrogen and oxygen atoms in total. The normalized spacial score (nSPS) is 14.8. The molecule has 0 aliphatic carbocycles. The molecule has 1 amide bonds. The van der Waals surface area contributed by atoms with E-state index < -0.39 is 17.5 Å². The van der Waals surface area contributed by atoms with Crippen LogP contribution in [0.4, 0.5) is 8.78 Å². The molecule has 4 rings (SSSR count). The summed E-state index contributed by atoms with van der Waals surface area (Å²) >= 11 is 0. The van der Waals surface area contributed by atoms with E-state index in [0.717, 1.165) is 23.8 Å². The third kappa shape index (κ3) is 4.71. The summed E-state index contributed by atoms with van der Waals surface area (Å²) in [6.45, 7) is 1.50. The molecule has 2 aromatic carbocycles. The predicted molar refractivity (Wildman–Crippen MR) is 103 cm³/mol. The van der Waals surface area contributed by atoms with Crippen molar-refractivity contribution in [3.63, 3.8) is 0 Å². The van der Waals surface area contributed by atoms with Crippen LogP contribution in [0.25, 0.3) is 0 Å². The van der Waals surface area contributed by atoms with Gasteiger partial charge in [-0.2, -0.15) is 4.98 Å². The van der Waals surface area contributed by atoms with Crippen LogP contribution in [-0.4, -0.2) is 34.0 Å². The maximum absolute atomic E-state index is 13.9. The molecule has 0 bridgehead atoms. The minimum Gasteiger partial charge on any atom is -0.367 e. The number of carbonyl (C=O) groups is 1. The van der Waals surface area contributed by atoms with Gasteiger partial charge in [-0.3, -0.25) is 4.79 Å². The molecule has 3 aromatic rings. The van der Waals surface area contributed by atoms with Gasteiger partial charge in [-0.1, -0.05) is 35.5 Å². The van der Waals surface area contributed by atoms with Crippen LogP contribution in [-0.2, 0) is 18.0 Å². The summed E-state index contributed by atoms with van der Waals surface area (Å²) < 4.78 is 38.1. The van der Waals surface area contributed by atoms with Crippen LogP contribution in [0.15, 0.2) is 53.1 Å². The van der Waals surface area contributed by atoms with Crippen LogP contribution in [0.3, 0.4) is 0 Å². The second-order valence-corrected chi connectivity index (χ2v) is 7.22. The van der Waals surface area contributed by atoms with Crippen LogP contribution in [0.2, 0.25) is 0 Å². The van der Waals surface area contributed by atoms with Crippen LogP contribution in [0, 0.1) is 11.6 Å². The van der Waals surface area contributed by atoms with Crippen molar-refractivity contribution in [2.45, 2.75) is 32.0 Å². The Morgan fingerprint density at radius 1 is 1.10 bits per heavy atom. The Morgan fingerprint density at radius 3 is 2.63 bits per heavy atom. The molecule has 0 N–H and O–H groups in total. The molecule has 1 aliphatic rings. The van der Waals surface area contributed by atoms with Crippen LogP contribution >= 0.6 is 0 Å². The molecule has 0 saturated carbocycles. The smallest absolute Gasteiger partial charge is 0.256 e. The Morgan fingerprint density at radius 2 is 1.87 bits per heavy atom. The van der Waals surface area contributed by atoms with Crippen molar-refractivity contribution >= 4 is 5.91 Å². The van der Waals surface area contributed by atoms with Crippen LogP contribution in [0.5, 0.6) is 0 Å². The first kappa shape index (κ1) is 20.2. The number of halogens is 2. The third-order valence-electron chi connectivity index (χ3n) is 5.13. The van der Waals surface area contributed by atoms with E-state index in [1.165, 1.54) is 4.90 Å². The first-order valence-corrected chi connectivity index (χ1v) is 9.78. The van der Waals surface area contributed by atoms with Crippen molar-refractivity contribution in [2.75, 3.05) is 13.1 Å². The highest BCUT2D eigenvalue weighted by Gasteiger charge is 2.28. The summed E-state index contributed by atoms with van der Waals surface area (Å²) in [5, 5.41) is 4.04. The summed E-state index contributed by atoms with van der Waals surface area (Å²) in [7, 11) is 0. The molecule has 1 fully saturated rings. The Balaban J connectivity index is 1.29. The number of aromatic nitrogens is 2. The lowest BCUT2D eigenvalue weighted by Gasteiger charge is -2.30. The van der Waals surface area contributed by atoms with Crippen molar-refractivity contribution in [1.82, 2.24) is 15.0 Å². The Hall–Kier alpha value is -3.13. The Kier molecular flexibility index (Phi) is 6.13. The number of piperidine rings is 1. The fourth-order valence-electron chi connectivity index (χ4n) is 3.50. The highest BCUT2D eigenvalue weighted by atomic mass is 19.1. The maximum Gasteiger partial charge on any atom is 0.256 e. The summed E-state index contributed by atoms with van der Waals surface area (Å²) in [6.07, 6.45) is 1.24. The molecule has 156 valence electrons. The molecule has 1 aliphatic heterocycles. The first-order valence-electron chi connectivity index (χ1n) is 9.78. The van der Waals surface area contributed by atoms with Gasteiger partial charge in [0.05, 0.1) is 12.2 Å². The van der Waals surface area contributed by atoms with Gasteiger partial charge in [0.25, 0.3) is 11.8 Å². The fourth-order valence-corrected chi connectivity index (χ4v) is 3.50. The number of likely N-dealkylation sites (tertiary alicyclic amines) is 1. The molecular formula is C22H21F2N3O3. The molecule has 0 unspecified atom stereocenters. The molecule has 30 heavy (non-hydrogen) atoms. The van der Waals surface area contributed by atoms with E-state index in [1.54, 1.807) is 0 Å². The topological polar surface area (TPSA) is 68.5 Å². The van der Waals surface area contributed by atoms with Crippen molar-refractivity contribution in [2.24, 2.45) is 0 Å². The Labute approximate surface area is 172 Å². The van der Waals surface area contributed by atoms with Gasteiger partial charge >= 0.3 is 0 Å². The lowest BCUT2D eigenvalue weighted by Crippen LogP contribution is -2.38. The number of nitrogens with zero attached hydrogens (tertiary/aromatic N) is 3. The number of hydrogen-bond donors (Lipinski definition) is 0. The van der Waals surface area contributed by atoms with Gasteiger partial charge in [-0.15, -0.1) is 0 Å². The summed E-state index contributed by atoms with van der Waals surface area (Å²) in [4.78, 5) is 18.4. The molecule has 8 heteroatoms. The minimum atomic E-state index is -0.721. The van der Waals surface area contributed by atoms with Gasteiger partial charge in [-0.05, 0) is 36.6 Å². The van der Waals surface area contributed by atoms with E-state index in [9.17, 15) is 13.6 Å². The van der Waals surface area contributed by atoms with E-state index in [1.807, 2.05) is 30.3 Å². The highest BCUT2D eigenvalue weighted by Crippen LogP contribution is 2.27. The molecular weight excluding hydrogens is 392 g/mol. The lowest BCUT2D eigenvalue weighted by atomic mass is 9.95. The number of benzene rings is 2. The van der Waals surface area contributed by atoms with Gasteiger partial charge in [0, 0.05) is 19.0 Å². The van der Waals surface area contributed by atoms with E-state index in [-0.39, 0.29) is 18.1 Å². The number of hydrogen-bond acceptors (Lipinski definition) is 5. The number of ether oxygens (including phenoxy) is 1. The summed E-state index contributed by atoms with van der Waals surface area (Å²) in [5.74, 6) is -0.838. The highest BCUT2D eigenvalue weighted by molar-refractivity contribution is 5.94. The van der Waals surface area contributed by atoms with Crippen molar-refractivity contribution in [3.05, 3.63) is 83.0 Å². The zero-order valence-electron chi connectivity index (χ0n) is 16.3. The van der Waals surface area contributed by atoms with Gasteiger partial charge in [0.2, 0.25) is 0 Å². The number of rotatable bonds is 6. The summed E-state index contributed by atoms with van der Waals surface area (Å²) in [6, 6.07) is 12.7. The van der Waals surface area contributed by atoms with Crippen molar-refractivity contribution in [1.29, 1.82) is 0 Å². The average Bonchev–Trinajstić information content (AvgIpc) is 3.25. The number of amides is 1. The predicted octanol–water partition coefficient (Wildman–Crippen LogP) is 4.08. The lowest BCUT2D eigenvalue weighted by molar-refractivity contribution is 0.0705. The monoisotopic (exact) mass is 413 g/mol. The van der Waals surface area contributed by atoms with E-state index in [4.69, 9.17) is 9.26 Å². The van der Waals surface area contributed by atoms with Crippen molar-refractivity contribution in [3.8, 4) is 0 Å². The molecule has 0 spiro atoms. The fraction of sp³-hybridized carbons (Fsp3) is 0.318. The number of carbonyl (C=O) groups excluding carboxylic acids is 1. The summed E-state index contributed by atoms with van der Waals surface area (Å²) in [5.41, 5.74) is 0.815. The van der Waals surface area contributed by atoms with Crippen molar-refractivity contribution < 1.29 is 22.8 Å². The largest absolute Gasteiger partial charge is 0.367 e. The van der Waals surface area contributed by atoms with Gasteiger partial charge in [0.1, 0.15) is 18.2 Å². The van der Waals surface area contributed by atoms with E-state index in [2.05, 4.69) is 10.1 Å². The second kappa shape index (κ2) is 9.13. The third-order valence-corrected chi connectivity index (χ3v) is 5.13. The quantitative estimate of drug-likeness (QED) is 0.609. The van der Waals surface area contributed by atoms with E-state index >= 15 is 0 Å². The van der Waals surface area contributed by atoms with Gasteiger partial charge < -0.3 is 14.2 Å². The average molecular weight is 413 g/mol. The second-order valence-electron chi connectivity index (χ2n) is 7.22. The standard InChI is InChI=1S/C22H21F2N3O3/c23-17-6-7-19(24)18(12-17)22(28)27-10-8-16(9-11-27)21-25-20(30-26-21)14-29-13-15-4-2-1-3-5-15/h1-7,12,16H,8-11,13-14H2. The molecule has 1 saturated heterocycles. The molecule has 0 atom stereocenters. The first-order chi connectivity index (χ1) is 14.6.